The van der Waals surface area contributed by atoms with Gasteiger partial charge in [0.05, 0.1) is 11.3 Å². The molecule has 0 spiro atoms. The van der Waals surface area contributed by atoms with Crippen LogP contribution in [0.2, 0.25) is 0 Å². The monoisotopic (exact) mass is 561 g/mol. The first-order valence-corrected chi connectivity index (χ1v) is 12.5. The lowest BCUT2D eigenvalue weighted by Crippen LogP contribution is -2.33. The first-order chi connectivity index (χ1) is 15.8. The van der Waals surface area contributed by atoms with Gasteiger partial charge in [0.2, 0.25) is 5.69 Å². The Bertz CT molecular complexity index is 1180. The number of hydrogen-bond acceptors (Lipinski definition) is 2. The lowest BCUT2D eigenvalue weighted by Gasteiger charge is -2.29. The molecule has 2 aromatic heterocycles. The van der Waals surface area contributed by atoms with Gasteiger partial charge in [-0.15, -0.1) is 0 Å². The van der Waals surface area contributed by atoms with E-state index in [9.17, 15) is 14.4 Å². The normalized spacial score (nSPS) is 18.3. The van der Waals surface area contributed by atoms with Gasteiger partial charge in [-0.05, 0) is 91.7 Å². The number of H-pyrrole nitrogens is 1. The maximum absolute atomic E-state index is 14.5. The molecule has 2 heterocycles. The van der Waals surface area contributed by atoms with Crippen molar-refractivity contribution in [3.63, 3.8) is 0 Å². The molecule has 1 aliphatic carbocycles. The van der Waals surface area contributed by atoms with Crippen LogP contribution in [-0.2, 0) is 0 Å². The fourth-order valence-corrected chi connectivity index (χ4v) is 5.32. The zero-order valence-corrected chi connectivity index (χ0v) is 21.3. The maximum Gasteiger partial charge on any atom is 0.253 e. The van der Waals surface area contributed by atoms with E-state index >= 15 is 0 Å². The highest BCUT2D eigenvalue weighted by Crippen LogP contribution is 2.37. The average molecular weight is 561 g/mol. The van der Waals surface area contributed by atoms with Crippen molar-refractivity contribution < 1.29 is 13.9 Å². The van der Waals surface area contributed by atoms with Crippen LogP contribution in [0.3, 0.4) is 0 Å². The Labute approximate surface area is 207 Å². The van der Waals surface area contributed by atoms with Crippen LogP contribution in [0.1, 0.15) is 64.5 Å². The number of carbonyl (C=O) groups is 1. The van der Waals surface area contributed by atoms with E-state index in [1.54, 1.807) is 6.07 Å². The zero-order valence-electron chi connectivity index (χ0n) is 19.2. The number of carbonyl (C=O) groups excluding carboxylic acids is 1. The van der Waals surface area contributed by atoms with Crippen molar-refractivity contribution in [2.45, 2.75) is 52.4 Å². The summed E-state index contributed by atoms with van der Waals surface area (Å²) < 4.78 is 16.3. The fourth-order valence-electron chi connectivity index (χ4n) is 4.82. The van der Waals surface area contributed by atoms with Crippen molar-refractivity contribution in [3.8, 4) is 11.3 Å². The van der Waals surface area contributed by atoms with Gasteiger partial charge in [0.1, 0.15) is 0 Å². The maximum atomic E-state index is 14.5. The number of nitrogens with zero attached hydrogens (tertiary/aromatic N) is 1. The van der Waals surface area contributed by atoms with Gasteiger partial charge >= 0.3 is 0 Å². The molecule has 0 atom stereocenters. The minimum atomic E-state index is -0.384. The van der Waals surface area contributed by atoms with Gasteiger partial charge in [0.25, 0.3) is 5.91 Å². The highest BCUT2D eigenvalue weighted by atomic mass is 127. The average Bonchev–Trinajstić information content (AvgIpc) is 3.20. The minimum absolute atomic E-state index is 0.0699. The second-order valence-corrected chi connectivity index (χ2v) is 10.2. The fraction of sp³-hybridized carbons (Fsp3) is 0.385. The Hall–Kier alpha value is -2.42. The molecule has 33 heavy (non-hydrogen) atoms. The number of aromatic amines is 1. The van der Waals surface area contributed by atoms with Gasteiger partial charge in [0.15, 0.2) is 12.0 Å². The lowest BCUT2D eigenvalue weighted by molar-refractivity contribution is -0.614. The highest BCUT2D eigenvalue weighted by Gasteiger charge is 2.27. The van der Waals surface area contributed by atoms with E-state index in [1.807, 2.05) is 25.1 Å². The molecule has 1 fully saturated rings. The molecular formula is C26H29FIN3O2. The van der Waals surface area contributed by atoms with Crippen molar-refractivity contribution in [1.82, 2.24) is 10.3 Å². The third-order valence-electron chi connectivity index (χ3n) is 6.86. The van der Waals surface area contributed by atoms with Crippen molar-refractivity contribution >= 4 is 28.5 Å². The van der Waals surface area contributed by atoms with E-state index in [-0.39, 0.29) is 23.3 Å². The van der Waals surface area contributed by atoms with E-state index in [2.05, 4.69) is 45.9 Å². The molecule has 0 aliphatic heterocycles. The molecule has 4 rings (SSSR count). The molecule has 1 saturated carbocycles. The summed E-state index contributed by atoms with van der Waals surface area (Å²) in [7, 11) is 0. The number of halogens is 2. The molecule has 2 N–H and O–H groups in total. The number of pyridine rings is 1. The smallest absolute Gasteiger partial charge is 0.253 e. The van der Waals surface area contributed by atoms with Crippen molar-refractivity contribution in [2.24, 2.45) is 5.92 Å². The van der Waals surface area contributed by atoms with Crippen LogP contribution < -0.4 is 10.0 Å². The molecule has 5 nitrogen and oxygen atoms in total. The lowest BCUT2D eigenvalue weighted by atomic mass is 9.78. The number of aryl methyl sites for hydroxylation is 1. The van der Waals surface area contributed by atoms with Gasteiger partial charge in [0, 0.05) is 39.9 Å². The third kappa shape index (κ3) is 4.93. The predicted octanol–water partition coefficient (Wildman–Crippen LogP) is 5.69. The molecule has 1 aromatic carbocycles. The minimum Gasteiger partial charge on any atom is -0.618 e. The molecular weight excluding hydrogens is 532 g/mol. The number of amides is 1. The van der Waals surface area contributed by atoms with Gasteiger partial charge in [-0.1, -0.05) is 12.1 Å². The Kier molecular flexibility index (Phi) is 7.07. The number of nitrogens with one attached hydrogen (secondary N) is 2. The van der Waals surface area contributed by atoms with Crippen LogP contribution in [0.15, 0.2) is 36.5 Å². The van der Waals surface area contributed by atoms with Crippen molar-refractivity contribution in [2.75, 3.05) is 6.54 Å². The zero-order chi connectivity index (χ0) is 23.7. The third-order valence-corrected chi connectivity index (χ3v) is 8.03. The number of aromatic nitrogens is 2. The van der Waals surface area contributed by atoms with Gasteiger partial charge in [-0.25, -0.2) is 0 Å². The summed E-state index contributed by atoms with van der Waals surface area (Å²) in [6, 6.07) is 9.63. The van der Waals surface area contributed by atoms with Crippen molar-refractivity contribution in [1.29, 1.82) is 0 Å². The number of benzene rings is 1. The quantitative estimate of drug-likeness (QED) is 0.239. The summed E-state index contributed by atoms with van der Waals surface area (Å²) >= 11 is 2.31. The molecule has 0 bridgehead atoms. The molecule has 0 saturated heterocycles. The second-order valence-electron chi connectivity index (χ2n) is 9.08. The Morgan fingerprint density at radius 3 is 2.67 bits per heavy atom. The van der Waals surface area contributed by atoms with Crippen LogP contribution >= 0.6 is 22.6 Å². The SMILES string of the molecule is Cc1cc(C(=O)NCC2CCC(c3cc[n+]([O-])c(C)c3F)CC2)c(-c2cccc(I)c2C)[nH]1. The topological polar surface area (TPSA) is 71.8 Å². The van der Waals surface area contributed by atoms with Crippen LogP contribution in [0.25, 0.3) is 11.3 Å². The largest absolute Gasteiger partial charge is 0.618 e. The molecule has 0 unspecified atom stereocenters. The molecule has 1 amide bonds. The van der Waals surface area contributed by atoms with Gasteiger partial charge < -0.3 is 15.5 Å². The molecule has 1 aliphatic rings. The standard InChI is InChI=1S/C26H29FIN3O2/c1-15-13-22(25(30-15)20-5-4-6-23(28)16(20)2)26(32)29-14-18-7-9-19(10-8-18)21-11-12-31(33)17(3)24(21)27/h4-6,11-13,18-19,30H,7-10,14H2,1-3H3,(H,29,32). The van der Waals surface area contributed by atoms with E-state index in [0.29, 0.717) is 28.3 Å². The van der Waals surface area contributed by atoms with E-state index in [1.165, 1.54) is 13.1 Å². The summed E-state index contributed by atoms with van der Waals surface area (Å²) in [5, 5.41) is 14.7. The van der Waals surface area contributed by atoms with Crippen LogP contribution in [0.4, 0.5) is 4.39 Å². The molecule has 7 heteroatoms. The Morgan fingerprint density at radius 2 is 1.94 bits per heavy atom. The molecule has 174 valence electrons. The molecule has 0 radical (unpaired) electrons. The van der Waals surface area contributed by atoms with Crippen LogP contribution in [0, 0.1) is 41.3 Å². The van der Waals surface area contributed by atoms with E-state index in [4.69, 9.17) is 0 Å². The predicted molar refractivity (Wildman–Crippen MR) is 136 cm³/mol. The summed E-state index contributed by atoms with van der Waals surface area (Å²) in [6.07, 6.45) is 4.95. The Morgan fingerprint density at radius 1 is 1.21 bits per heavy atom. The summed E-state index contributed by atoms with van der Waals surface area (Å²) in [4.78, 5) is 16.4. The van der Waals surface area contributed by atoms with Crippen molar-refractivity contribution in [3.05, 3.63) is 79.2 Å². The number of hydrogen-bond donors (Lipinski definition) is 2. The van der Waals surface area contributed by atoms with E-state index < -0.39 is 0 Å². The summed E-state index contributed by atoms with van der Waals surface area (Å²) in [5.74, 6) is 0.0367. The van der Waals surface area contributed by atoms with Crippen LogP contribution in [-0.4, -0.2) is 17.4 Å². The molecule has 3 aromatic rings. The second kappa shape index (κ2) is 9.83. The van der Waals surface area contributed by atoms with Gasteiger partial charge in [-0.2, -0.15) is 9.12 Å². The van der Waals surface area contributed by atoms with E-state index in [0.717, 1.165) is 51.8 Å². The first kappa shape index (κ1) is 23.7. The highest BCUT2D eigenvalue weighted by molar-refractivity contribution is 14.1. The Balaban J connectivity index is 1.39. The summed E-state index contributed by atoms with van der Waals surface area (Å²) in [5.41, 5.74) is 5.44. The first-order valence-electron chi connectivity index (χ1n) is 11.4. The summed E-state index contributed by atoms with van der Waals surface area (Å²) in [6.45, 7) is 6.16. The van der Waals surface area contributed by atoms with Gasteiger partial charge in [-0.3, -0.25) is 4.79 Å². The van der Waals surface area contributed by atoms with Crippen LogP contribution in [0.5, 0.6) is 0 Å². The number of rotatable bonds is 5.